The number of carbonyl (C=O) groups is 1. The lowest BCUT2D eigenvalue weighted by Gasteiger charge is -2.25. The summed E-state index contributed by atoms with van der Waals surface area (Å²) < 4.78 is 1.12. The number of hydrogen-bond donors (Lipinski definition) is 0. The molecule has 0 aliphatic heterocycles. The highest BCUT2D eigenvalue weighted by Crippen LogP contribution is 2.29. The molecular formula is C23H29N3OS. The largest absolute Gasteiger partial charge is 0.302 e. The van der Waals surface area contributed by atoms with Crippen LogP contribution in [0.1, 0.15) is 30.5 Å². The highest BCUT2D eigenvalue weighted by Gasteiger charge is 2.21. The number of benzene rings is 2. The van der Waals surface area contributed by atoms with Crippen molar-refractivity contribution in [1.82, 2.24) is 9.88 Å². The molecule has 3 rings (SSSR count). The molecule has 0 aliphatic rings. The number of likely N-dealkylation sites (N-methyl/N-ethyl adjacent to an activating group) is 1. The van der Waals surface area contributed by atoms with Gasteiger partial charge in [-0.25, -0.2) is 4.98 Å². The van der Waals surface area contributed by atoms with Crippen LogP contribution in [0.3, 0.4) is 0 Å². The predicted octanol–water partition coefficient (Wildman–Crippen LogP) is 4.83. The van der Waals surface area contributed by atoms with Crippen LogP contribution >= 0.6 is 11.3 Å². The van der Waals surface area contributed by atoms with E-state index in [9.17, 15) is 4.79 Å². The second-order valence-corrected chi connectivity index (χ2v) is 8.15. The molecule has 28 heavy (non-hydrogen) atoms. The molecule has 1 amide bonds. The van der Waals surface area contributed by atoms with E-state index in [2.05, 4.69) is 56.9 Å². The molecule has 0 atom stereocenters. The SMILES string of the molecule is CCN(CC)CCN(C(=O)Cc1ccc(C)cc1C)c1nc2ccccc2s1. The van der Waals surface area contributed by atoms with Crippen molar-refractivity contribution in [3.05, 3.63) is 59.2 Å². The third-order valence-electron chi connectivity index (χ3n) is 5.19. The maximum atomic E-state index is 13.3. The van der Waals surface area contributed by atoms with Gasteiger partial charge in [-0.1, -0.05) is 61.1 Å². The molecule has 0 radical (unpaired) electrons. The maximum Gasteiger partial charge on any atom is 0.233 e. The molecular weight excluding hydrogens is 366 g/mol. The number of thiazole rings is 1. The molecule has 2 aromatic carbocycles. The van der Waals surface area contributed by atoms with Crippen molar-refractivity contribution in [1.29, 1.82) is 0 Å². The zero-order chi connectivity index (χ0) is 20.1. The molecule has 0 bridgehead atoms. The summed E-state index contributed by atoms with van der Waals surface area (Å²) in [7, 11) is 0. The minimum absolute atomic E-state index is 0.109. The Balaban J connectivity index is 1.86. The molecule has 148 valence electrons. The van der Waals surface area contributed by atoms with Crippen molar-refractivity contribution in [2.45, 2.75) is 34.1 Å². The third kappa shape index (κ3) is 4.78. The van der Waals surface area contributed by atoms with E-state index >= 15 is 0 Å². The molecule has 0 N–H and O–H groups in total. The number of aryl methyl sites for hydroxylation is 2. The molecule has 4 nitrogen and oxygen atoms in total. The summed E-state index contributed by atoms with van der Waals surface area (Å²) >= 11 is 1.59. The smallest absolute Gasteiger partial charge is 0.233 e. The van der Waals surface area contributed by atoms with Gasteiger partial charge >= 0.3 is 0 Å². The fourth-order valence-electron chi connectivity index (χ4n) is 3.39. The fourth-order valence-corrected chi connectivity index (χ4v) is 4.40. The first-order valence-corrected chi connectivity index (χ1v) is 10.8. The van der Waals surface area contributed by atoms with Crippen molar-refractivity contribution in [2.24, 2.45) is 0 Å². The summed E-state index contributed by atoms with van der Waals surface area (Å²) in [5, 5.41) is 0.795. The van der Waals surface area contributed by atoms with Gasteiger partial charge in [0.25, 0.3) is 0 Å². The number of anilines is 1. The molecule has 0 saturated carbocycles. The maximum absolute atomic E-state index is 13.3. The monoisotopic (exact) mass is 395 g/mol. The molecule has 0 spiro atoms. The van der Waals surface area contributed by atoms with Gasteiger partial charge < -0.3 is 4.90 Å². The Labute approximate surface area is 171 Å². The molecule has 5 heteroatoms. The number of rotatable bonds is 8. The summed E-state index contributed by atoms with van der Waals surface area (Å²) in [5.41, 5.74) is 4.43. The summed E-state index contributed by atoms with van der Waals surface area (Å²) in [6.07, 6.45) is 0.403. The second kappa shape index (κ2) is 9.30. The Morgan fingerprint density at radius 2 is 1.79 bits per heavy atom. The number of aromatic nitrogens is 1. The van der Waals surface area contributed by atoms with E-state index in [1.165, 1.54) is 11.1 Å². The normalized spacial score (nSPS) is 11.3. The number of para-hydroxylation sites is 1. The summed E-state index contributed by atoms with van der Waals surface area (Å²) in [6.45, 7) is 11.9. The van der Waals surface area contributed by atoms with Crippen LogP contribution in [-0.2, 0) is 11.2 Å². The zero-order valence-electron chi connectivity index (χ0n) is 17.2. The minimum Gasteiger partial charge on any atom is -0.302 e. The van der Waals surface area contributed by atoms with Crippen molar-refractivity contribution in [2.75, 3.05) is 31.1 Å². The van der Waals surface area contributed by atoms with Crippen LogP contribution in [0.5, 0.6) is 0 Å². The molecule has 3 aromatic rings. The van der Waals surface area contributed by atoms with Crippen LogP contribution < -0.4 is 4.90 Å². The Bertz CT molecular complexity index is 913. The first kappa shape index (κ1) is 20.5. The van der Waals surface area contributed by atoms with Gasteiger partial charge in [-0.3, -0.25) is 9.69 Å². The summed E-state index contributed by atoms with van der Waals surface area (Å²) in [5.74, 6) is 0.109. The van der Waals surface area contributed by atoms with Gasteiger partial charge in [-0.2, -0.15) is 0 Å². The van der Waals surface area contributed by atoms with E-state index in [4.69, 9.17) is 4.98 Å². The van der Waals surface area contributed by atoms with E-state index in [0.717, 1.165) is 40.5 Å². The quantitative estimate of drug-likeness (QED) is 0.548. The van der Waals surface area contributed by atoms with Gasteiger partial charge in [0.05, 0.1) is 16.6 Å². The molecule has 0 fully saturated rings. The Morgan fingerprint density at radius 3 is 2.46 bits per heavy atom. The number of carbonyl (C=O) groups excluding carboxylic acids is 1. The standard InChI is InChI=1S/C23H29N3OS/c1-5-25(6-2)13-14-26(23-24-20-9-7-8-10-21(20)28-23)22(27)16-19-12-11-17(3)15-18(19)4/h7-12,15H,5-6,13-14,16H2,1-4H3. The van der Waals surface area contributed by atoms with Gasteiger partial charge in [0.15, 0.2) is 5.13 Å². The van der Waals surface area contributed by atoms with Crippen molar-refractivity contribution in [3.8, 4) is 0 Å². The molecule has 1 heterocycles. The van der Waals surface area contributed by atoms with Crippen LogP contribution in [-0.4, -0.2) is 42.0 Å². The lowest BCUT2D eigenvalue weighted by atomic mass is 10.0. The molecule has 1 aromatic heterocycles. The van der Waals surface area contributed by atoms with Crippen LogP contribution in [0.15, 0.2) is 42.5 Å². The van der Waals surface area contributed by atoms with E-state index in [1.807, 2.05) is 23.1 Å². The van der Waals surface area contributed by atoms with E-state index in [-0.39, 0.29) is 5.91 Å². The first-order valence-electron chi connectivity index (χ1n) is 9.96. The Hall–Kier alpha value is -2.24. The summed E-state index contributed by atoms with van der Waals surface area (Å²) in [6, 6.07) is 14.4. The van der Waals surface area contributed by atoms with Crippen LogP contribution in [0.2, 0.25) is 0 Å². The van der Waals surface area contributed by atoms with E-state index in [0.29, 0.717) is 13.0 Å². The van der Waals surface area contributed by atoms with Crippen molar-refractivity contribution < 1.29 is 4.79 Å². The molecule has 0 unspecified atom stereocenters. The minimum atomic E-state index is 0.109. The molecule has 0 saturated heterocycles. The topological polar surface area (TPSA) is 36.4 Å². The highest BCUT2D eigenvalue weighted by molar-refractivity contribution is 7.22. The number of hydrogen-bond acceptors (Lipinski definition) is 4. The average molecular weight is 396 g/mol. The molecule has 0 aliphatic carbocycles. The number of nitrogens with zero attached hydrogens (tertiary/aromatic N) is 3. The lowest BCUT2D eigenvalue weighted by Crippen LogP contribution is -2.39. The van der Waals surface area contributed by atoms with Crippen LogP contribution in [0.4, 0.5) is 5.13 Å². The fraction of sp³-hybridized carbons (Fsp3) is 0.391. The summed E-state index contributed by atoms with van der Waals surface area (Å²) in [4.78, 5) is 22.3. The van der Waals surface area contributed by atoms with Gasteiger partial charge in [-0.15, -0.1) is 0 Å². The van der Waals surface area contributed by atoms with Gasteiger partial charge in [0, 0.05) is 13.1 Å². The first-order chi connectivity index (χ1) is 13.5. The van der Waals surface area contributed by atoms with Crippen LogP contribution in [0, 0.1) is 13.8 Å². The number of fused-ring (bicyclic) bond motifs is 1. The van der Waals surface area contributed by atoms with E-state index < -0.39 is 0 Å². The van der Waals surface area contributed by atoms with Crippen LogP contribution in [0.25, 0.3) is 10.2 Å². The highest BCUT2D eigenvalue weighted by atomic mass is 32.1. The lowest BCUT2D eigenvalue weighted by molar-refractivity contribution is -0.118. The van der Waals surface area contributed by atoms with E-state index in [1.54, 1.807) is 11.3 Å². The van der Waals surface area contributed by atoms with Gasteiger partial charge in [-0.05, 0) is 50.2 Å². The predicted molar refractivity (Wildman–Crippen MR) is 119 cm³/mol. The zero-order valence-corrected chi connectivity index (χ0v) is 18.1. The second-order valence-electron chi connectivity index (χ2n) is 7.14. The number of amides is 1. The van der Waals surface area contributed by atoms with Gasteiger partial charge in [0.2, 0.25) is 5.91 Å². The average Bonchev–Trinajstić information content (AvgIpc) is 3.11. The third-order valence-corrected chi connectivity index (χ3v) is 6.25. The Morgan fingerprint density at radius 1 is 1.04 bits per heavy atom. The van der Waals surface area contributed by atoms with Gasteiger partial charge in [0.1, 0.15) is 0 Å². The van der Waals surface area contributed by atoms with Crippen molar-refractivity contribution >= 4 is 32.6 Å². The Kier molecular flexibility index (Phi) is 6.81. The van der Waals surface area contributed by atoms with Crippen molar-refractivity contribution in [3.63, 3.8) is 0 Å².